The highest BCUT2D eigenvalue weighted by Crippen LogP contribution is 2.36. The highest BCUT2D eigenvalue weighted by atomic mass is 32.1. The predicted octanol–water partition coefficient (Wildman–Crippen LogP) is 3.89. The lowest BCUT2D eigenvalue weighted by Crippen LogP contribution is -1.70. The molecule has 0 amide bonds. The molecular weight excluding hydrogens is 246 g/mol. The van der Waals surface area contributed by atoms with Gasteiger partial charge in [-0.25, -0.2) is 0 Å². The van der Waals surface area contributed by atoms with E-state index in [1.54, 1.807) is 18.2 Å². The second-order valence-electron chi connectivity index (χ2n) is 2.25. The zero-order valence-electron chi connectivity index (χ0n) is 7.30. The van der Waals surface area contributed by atoms with Crippen LogP contribution < -0.4 is 0 Å². The molecule has 0 heterocycles. The lowest BCUT2D eigenvalue weighted by atomic mass is 10.2. The second kappa shape index (κ2) is 6.17. The largest absolute Gasteiger partial charge is 0.192 e. The van der Waals surface area contributed by atoms with Gasteiger partial charge in [0.15, 0.2) is 0 Å². The molecular formula is C9H3N3S3. The lowest BCUT2D eigenvalue weighted by molar-refractivity contribution is 1.43. The third kappa shape index (κ3) is 3.05. The zero-order chi connectivity index (χ0) is 11.1. The molecule has 1 aromatic carbocycles. The third-order valence-corrected chi connectivity index (χ3v) is 1.76. The van der Waals surface area contributed by atoms with Crippen molar-refractivity contribution in [1.29, 1.82) is 0 Å². The monoisotopic (exact) mass is 249 g/mol. The number of rotatable bonds is 3. The molecule has 0 aliphatic heterocycles. The first kappa shape index (κ1) is 11.7. The van der Waals surface area contributed by atoms with Crippen molar-refractivity contribution in [3.05, 3.63) is 18.2 Å². The first-order valence-electron chi connectivity index (χ1n) is 3.70. The fourth-order valence-electron chi connectivity index (χ4n) is 0.958. The Morgan fingerprint density at radius 2 is 1.27 bits per heavy atom. The molecule has 3 nitrogen and oxygen atoms in total. The first-order chi connectivity index (χ1) is 7.33. The fraction of sp³-hybridized carbons (Fsp3) is 0. The van der Waals surface area contributed by atoms with Crippen molar-refractivity contribution in [2.45, 2.75) is 0 Å². The number of aliphatic imine (C=N–C) groups is 3. The Kier molecular flexibility index (Phi) is 4.81. The van der Waals surface area contributed by atoms with Crippen LogP contribution in [0.3, 0.4) is 0 Å². The molecule has 0 aliphatic rings. The molecule has 0 radical (unpaired) electrons. The molecule has 72 valence electrons. The van der Waals surface area contributed by atoms with Crippen molar-refractivity contribution in [3.63, 3.8) is 0 Å². The van der Waals surface area contributed by atoms with E-state index in [2.05, 4.69) is 67.1 Å². The van der Waals surface area contributed by atoms with Crippen LogP contribution in [0, 0.1) is 0 Å². The van der Waals surface area contributed by atoms with Crippen LogP contribution in [0.2, 0.25) is 0 Å². The van der Waals surface area contributed by atoms with Crippen LogP contribution in [-0.4, -0.2) is 15.5 Å². The molecule has 0 N–H and O–H groups in total. The number of isothiocyanates is 3. The maximum Gasteiger partial charge on any atom is 0.127 e. The summed E-state index contributed by atoms with van der Waals surface area (Å²) in [6.45, 7) is 0. The highest BCUT2D eigenvalue weighted by molar-refractivity contribution is 7.78. The van der Waals surface area contributed by atoms with E-state index in [1.807, 2.05) is 0 Å². The maximum atomic E-state index is 4.53. The highest BCUT2D eigenvalue weighted by Gasteiger charge is 2.04. The smallest absolute Gasteiger partial charge is 0.127 e. The van der Waals surface area contributed by atoms with Gasteiger partial charge in [0.1, 0.15) is 17.1 Å². The average Bonchev–Trinajstić information content (AvgIpc) is 2.23. The lowest BCUT2D eigenvalue weighted by Gasteiger charge is -1.99. The zero-order valence-corrected chi connectivity index (χ0v) is 9.75. The van der Waals surface area contributed by atoms with Crippen molar-refractivity contribution in [1.82, 2.24) is 0 Å². The molecule has 1 rings (SSSR count). The Hall–Kier alpha value is -1.38. The summed E-state index contributed by atoms with van der Waals surface area (Å²) in [5.74, 6) is 0. The molecule has 0 aliphatic carbocycles. The summed E-state index contributed by atoms with van der Waals surface area (Å²) in [7, 11) is 0. The van der Waals surface area contributed by atoms with Gasteiger partial charge in [0, 0.05) is 0 Å². The SMILES string of the molecule is S=C=Nc1cccc(N=C=S)c1N=C=S. The molecule has 1 aromatic rings. The summed E-state index contributed by atoms with van der Waals surface area (Å²) >= 11 is 13.6. The molecule has 0 spiro atoms. The van der Waals surface area contributed by atoms with E-state index in [-0.39, 0.29) is 0 Å². The minimum Gasteiger partial charge on any atom is -0.192 e. The van der Waals surface area contributed by atoms with E-state index in [9.17, 15) is 0 Å². The van der Waals surface area contributed by atoms with Crippen molar-refractivity contribution in [2.75, 3.05) is 0 Å². The normalized spacial score (nSPS) is 8.00. The van der Waals surface area contributed by atoms with Gasteiger partial charge in [0.2, 0.25) is 0 Å². The molecule has 0 saturated carbocycles. The molecule has 0 fully saturated rings. The van der Waals surface area contributed by atoms with E-state index < -0.39 is 0 Å². The van der Waals surface area contributed by atoms with Gasteiger partial charge in [-0.2, -0.15) is 15.0 Å². The molecule has 0 aromatic heterocycles. The summed E-state index contributed by atoms with van der Waals surface area (Å²) in [6.07, 6.45) is 0. The Morgan fingerprint density at radius 3 is 1.67 bits per heavy atom. The molecule has 0 saturated heterocycles. The molecule has 6 heteroatoms. The van der Waals surface area contributed by atoms with Gasteiger partial charge in [-0.15, -0.1) is 0 Å². The number of benzene rings is 1. The van der Waals surface area contributed by atoms with Gasteiger partial charge in [0.25, 0.3) is 0 Å². The van der Waals surface area contributed by atoms with Crippen molar-refractivity contribution >= 4 is 69.2 Å². The quantitative estimate of drug-likeness (QED) is 0.602. The van der Waals surface area contributed by atoms with Crippen LogP contribution in [-0.2, 0) is 0 Å². The Labute approximate surface area is 102 Å². The fourth-order valence-corrected chi connectivity index (χ4v) is 1.25. The average molecular weight is 249 g/mol. The number of para-hydroxylation sites is 1. The van der Waals surface area contributed by atoms with Gasteiger partial charge in [-0.1, -0.05) is 6.07 Å². The minimum atomic E-state index is 0.460. The van der Waals surface area contributed by atoms with E-state index in [0.717, 1.165) is 0 Å². The minimum absolute atomic E-state index is 0.460. The Bertz CT molecular complexity index is 483. The van der Waals surface area contributed by atoms with E-state index >= 15 is 0 Å². The number of hydrogen-bond acceptors (Lipinski definition) is 6. The molecule has 0 unspecified atom stereocenters. The van der Waals surface area contributed by atoms with Gasteiger partial charge in [-0.05, 0) is 48.8 Å². The topological polar surface area (TPSA) is 37.1 Å². The first-order valence-corrected chi connectivity index (χ1v) is 4.92. The van der Waals surface area contributed by atoms with Crippen LogP contribution in [0.5, 0.6) is 0 Å². The summed E-state index contributed by atoms with van der Waals surface area (Å²) in [4.78, 5) is 11.5. The van der Waals surface area contributed by atoms with Crippen molar-refractivity contribution < 1.29 is 0 Å². The molecule has 15 heavy (non-hydrogen) atoms. The van der Waals surface area contributed by atoms with Gasteiger partial charge < -0.3 is 0 Å². The van der Waals surface area contributed by atoms with Crippen molar-refractivity contribution in [2.24, 2.45) is 15.0 Å². The van der Waals surface area contributed by atoms with Crippen LogP contribution >= 0.6 is 36.7 Å². The number of nitrogens with zero attached hydrogens (tertiary/aromatic N) is 3. The summed E-state index contributed by atoms with van der Waals surface area (Å²) in [5, 5.41) is 6.75. The van der Waals surface area contributed by atoms with Crippen molar-refractivity contribution in [3.8, 4) is 0 Å². The van der Waals surface area contributed by atoms with Crippen LogP contribution in [0.15, 0.2) is 33.2 Å². The standard InChI is InChI=1S/C9H3N3S3/c13-4-10-7-2-1-3-8(11-5-14)9(7)12-6-15/h1-3H. The van der Waals surface area contributed by atoms with Crippen LogP contribution in [0.1, 0.15) is 0 Å². The third-order valence-electron chi connectivity index (χ3n) is 1.48. The number of thiocarbonyl (C=S) groups is 3. The maximum absolute atomic E-state index is 4.53. The number of hydrogen-bond donors (Lipinski definition) is 0. The summed E-state index contributed by atoms with van der Waals surface area (Å²) in [5.41, 5.74) is 1.50. The van der Waals surface area contributed by atoms with Gasteiger partial charge >= 0.3 is 0 Å². The second-order valence-corrected chi connectivity index (χ2v) is 2.80. The molecule has 0 bridgehead atoms. The van der Waals surface area contributed by atoms with Crippen LogP contribution in [0.25, 0.3) is 0 Å². The summed E-state index contributed by atoms with van der Waals surface area (Å²) < 4.78 is 0. The van der Waals surface area contributed by atoms with Gasteiger partial charge in [0.05, 0.1) is 15.5 Å². The van der Waals surface area contributed by atoms with Gasteiger partial charge in [-0.3, -0.25) is 0 Å². The Balaban J connectivity index is 3.53. The van der Waals surface area contributed by atoms with Crippen LogP contribution in [0.4, 0.5) is 17.1 Å². The van der Waals surface area contributed by atoms with E-state index in [4.69, 9.17) is 0 Å². The predicted molar refractivity (Wildman–Crippen MR) is 70.5 cm³/mol. The summed E-state index contributed by atoms with van der Waals surface area (Å²) in [6, 6.07) is 5.18. The van der Waals surface area contributed by atoms with E-state index in [1.165, 1.54) is 0 Å². The Morgan fingerprint density at radius 1 is 0.800 bits per heavy atom. The molecule has 0 atom stereocenters. The van der Waals surface area contributed by atoms with E-state index in [0.29, 0.717) is 17.1 Å².